The van der Waals surface area contributed by atoms with Gasteiger partial charge in [0.1, 0.15) is 0 Å². The van der Waals surface area contributed by atoms with E-state index in [1.807, 2.05) is 0 Å². The van der Waals surface area contributed by atoms with Crippen molar-refractivity contribution in [1.82, 2.24) is 5.32 Å². The van der Waals surface area contributed by atoms with E-state index in [4.69, 9.17) is 4.74 Å². The Balaban J connectivity index is 1.99. The topological polar surface area (TPSA) is 21.3 Å². The first-order valence-electron chi connectivity index (χ1n) is 7.05. The fourth-order valence-corrected chi connectivity index (χ4v) is 1.99. The van der Waals surface area contributed by atoms with Crippen LogP contribution in [0, 0.1) is 11.8 Å². The predicted octanol–water partition coefficient (Wildman–Crippen LogP) is 3.22. The molecule has 0 aromatic heterocycles. The van der Waals surface area contributed by atoms with Crippen LogP contribution in [0.5, 0.6) is 0 Å². The van der Waals surface area contributed by atoms with Crippen LogP contribution < -0.4 is 5.32 Å². The smallest absolute Gasteiger partial charge is 0.0622 e. The molecule has 0 heterocycles. The van der Waals surface area contributed by atoms with Gasteiger partial charge in [0.25, 0.3) is 0 Å². The minimum absolute atomic E-state index is 0.624. The third kappa shape index (κ3) is 6.49. The number of hydrogen-bond donors (Lipinski definition) is 1. The first-order chi connectivity index (χ1) is 7.74. The summed E-state index contributed by atoms with van der Waals surface area (Å²) >= 11 is 0. The van der Waals surface area contributed by atoms with E-state index in [9.17, 15) is 0 Å². The van der Waals surface area contributed by atoms with E-state index in [2.05, 4.69) is 26.1 Å². The van der Waals surface area contributed by atoms with Crippen molar-refractivity contribution in [3.63, 3.8) is 0 Å². The van der Waals surface area contributed by atoms with Crippen molar-refractivity contribution in [3.8, 4) is 0 Å². The van der Waals surface area contributed by atoms with Crippen molar-refractivity contribution in [1.29, 1.82) is 0 Å². The zero-order valence-electron chi connectivity index (χ0n) is 11.3. The van der Waals surface area contributed by atoms with Crippen molar-refractivity contribution >= 4 is 0 Å². The molecular weight excluding hydrogens is 198 g/mol. The van der Waals surface area contributed by atoms with Gasteiger partial charge in [-0.3, -0.25) is 0 Å². The molecule has 2 nitrogen and oxygen atoms in total. The predicted molar refractivity (Wildman–Crippen MR) is 69.7 cm³/mol. The molecule has 1 aliphatic rings. The van der Waals surface area contributed by atoms with Gasteiger partial charge in [0, 0.05) is 12.6 Å². The van der Waals surface area contributed by atoms with E-state index in [-0.39, 0.29) is 0 Å². The van der Waals surface area contributed by atoms with Gasteiger partial charge < -0.3 is 10.1 Å². The molecular formula is C14H29NO. The van der Waals surface area contributed by atoms with Crippen LogP contribution in [-0.2, 0) is 4.74 Å². The Labute approximate surface area is 101 Å². The summed E-state index contributed by atoms with van der Waals surface area (Å²) in [6, 6.07) is 0.624. The molecule has 0 aliphatic heterocycles. The summed E-state index contributed by atoms with van der Waals surface area (Å²) in [6.07, 6.45) is 6.52. The van der Waals surface area contributed by atoms with Crippen molar-refractivity contribution in [2.75, 3.05) is 19.8 Å². The van der Waals surface area contributed by atoms with Crippen molar-refractivity contribution < 1.29 is 4.74 Å². The van der Waals surface area contributed by atoms with Gasteiger partial charge in [0.05, 0.1) is 6.61 Å². The van der Waals surface area contributed by atoms with Crippen LogP contribution in [0.1, 0.15) is 52.9 Å². The van der Waals surface area contributed by atoms with E-state index in [0.717, 1.165) is 31.6 Å². The third-order valence-corrected chi connectivity index (χ3v) is 3.22. The fourth-order valence-electron chi connectivity index (χ4n) is 1.99. The molecule has 1 rings (SSSR count). The minimum atomic E-state index is 0.624. The van der Waals surface area contributed by atoms with Gasteiger partial charge in [0.15, 0.2) is 0 Å². The molecule has 96 valence electrons. The van der Waals surface area contributed by atoms with Gasteiger partial charge in [-0.05, 0) is 50.5 Å². The molecule has 1 atom stereocenters. The summed E-state index contributed by atoms with van der Waals surface area (Å²) in [5, 5.41) is 3.61. The van der Waals surface area contributed by atoms with Crippen LogP contribution in [0.3, 0.4) is 0 Å². The molecule has 1 fully saturated rings. The Hall–Kier alpha value is -0.0800. The molecule has 0 aromatic rings. The monoisotopic (exact) mass is 227 g/mol. The van der Waals surface area contributed by atoms with E-state index < -0.39 is 0 Å². The Morgan fingerprint density at radius 3 is 2.62 bits per heavy atom. The van der Waals surface area contributed by atoms with Crippen molar-refractivity contribution in [2.24, 2.45) is 11.8 Å². The van der Waals surface area contributed by atoms with Crippen LogP contribution >= 0.6 is 0 Å². The van der Waals surface area contributed by atoms with Crippen LogP contribution in [0.15, 0.2) is 0 Å². The summed E-state index contributed by atoms with van der Waals surface area (Å²) < 4.78 is 5.78. The third-order valence-electron chi connectivity index (χ3n) is 3.22. The summed E-state index contributed by atoms with van der Waals surface area (Å²) in [4.78, 5) is 0. The van der Waals surface area contributed by atoms with E-state index >= 15 is 0 Å². The Kier molecular flexibility index (Phi) is 7.06. The Morgan fingerprint density at radius 1 is 1.31 bits per heavy atom. The lowest BCUT2D eigenvalue weighted by molar-refractivity contribution is 0.100. The van der Waals surface area contributed by atoms with Gasteiger partial charge >= 0.3 is 0 Å². The molecule has 0 spiro atoms. The molecule has 0 aromatic carbocycles. The largest absolute Gasteiger partial charge is 0.380 e. The van der Waals surface area contributed by atoms with Crippen molar-refractivity contribution in [3.05, 3.63) is 0 Å². The van der Waals surface area contributed by atoms with E-state index in [1.165, 1.54) is 32.1 Å². The summed E-state index contributed by atoms with van der Waals surface area (Å²) in [7, 11) is 0. The molecule has 0 amide bonds. The van der Waals surface area contributed by atoms with Crippen LogP contribution in [0.25, 0.3) is 0 Å². The Bertz CT molecular complexity index is 166. The molecule has 1 aliphatic carbocycles. The molecule has 1 unspecified atom stereocenters. The number of ether oxygens (including phenoxy) is 1. The second-order valence-corrected chi connectivity index (χ2v) is 5.51. The lowest BCUT2D eigenvalue weighted by Crippen LogP contribution is -2.36. The second kappa shape index (κ2) is 8.08. The lowest BCUT2D eigenvalue weighted by atomic mass is 10.1. The van der Waals surface area contributed by atoms with Crippen LogP contribution in [0.2, 0.25) is 0 Å². The van der Waals surface area contributed by atoms with E-state index in [1.54, 1.807) is 0 Å². The van der Waals surface area contributed by atoms with Gasteiger partial charge in [-0.1, -0.05) is 20.8 Å². The van der Waals surface area contributed by atoms with Gasteiger partial charge in [-0.15, -0.1) is 0 Å². The number of rotatable bonds is 10. The van der Waals surface area contributed by atoms with E-state index in [0.29, 0.717) is 6.04 Å². The molecule has 0 radical (unpaired) electrons. The molecule has 0 bridgehead atoms. The summed E-state index contributed by atoms with van der Waals surface area (Å²) in [6.45, 7) is 9.76. The standard InChI is InChI=1S/C14H29NO/c1-4-9-15-14(13-7-8-13)11-16-10-5-6-12(2)3/h12-15H,4-11H2,1-3H3. The minimum Gasteiger partial charge on any atom is -0.380 e. The number of nitrogens with one attached hydrogen (secondary N) is 1. The maximum absolute atomic E-state index is 5.78. The molecule has 0 saturated heterocycles. The van der Waals surface area contributed by atoms with Gasteiger partial charge in [-0.25, -0.2) is 0 Å². The maximum Gasteiger partial charge on any atom is 0.0622 e. The summed E-state index contributed by atoms with van der Waals surface area (Å²) in [5.41, 5.74) is 0. The van der Waals surface area contributed by atoms with Crippen LogP contribution in [0.4, 0.5) is 0 Å². The first-order valence-corrected chi connectivity index (χ1v) is 7.05. The van der Waals surface area contributed by atoms with Gasteiger partial charge in [-0.2, -0.15) is 0 Å². The molecule has 1 N–H and O–H groups in total. The van der Waals surface area contributed by atoms with Crippen molar-refractivity contribution in [2.45, 2.75) is 58.9 Å². The lowest BCUT2D eigenvalue weighted by Gasteiger charge is -2.18. The normalized spacial score (nSPS) is 18.0. The molecule has 2 heteroatoms. The van der Waals surface area contributed by atoms with Gasteiger partial charge in [0.2, 0.25) is 0 Å². The highest BCUT2D eigenvalue weighted by Crippen LogP contribution is 2.32. The average Bonchev–Trinajstić information content (AvgIpc) is 3.05. The maximum atomic E-state index is 5.78. The Morgan fingerprint density at radius 2 is 2.06 bits per heavy atom. The quantitative estimate of drug-likeness (QED) is 0.579. The fraction of sp³-hybridized carbons (Fsp3) is 1.00. The average molecular weight is 227 g/mol. The molecule has 1 saturated carbocycles. The highest BCUT2D eigenvalue weighted by atomic mass is 16.5. The zero-order valence-corrected chi connectivity index (χ0v) is 11.3. The van der Waals surface area contributed by atoms with Crippen LogP contribution in [-0.4, -0.2) is 25.8 Å². The SMILES string of the molecule is CCCNC(COCCCC(C)C)C1CC1. The second-order valence-electron chi connectivity index (χ2n) is 5.51. The highest BCUT2D eigenvalue weighted by Gasteiger charge is 2.30. The highest BCUT2D eigenvalue weighted by molar-refractivity contribution is 4.86. The summed E-state index contributed by atoms with van der Waals surface area (Å²) in [5.74, 6) is 1.71. The number of hydrogen-bond acceptors (Lipinski definition) is 2. The first kappa shape index (κ1) is 14.0. The zero-order chi connectivity index (χ0) is 11.8. The molecule has 16 heavy (non-hydrogen) atoms.